The third-order valence-electron chi connectivity index (χ3n) is 17.0. The van der Waals surface area contributed by atoms with Gasteiger partial charge >= 0.3 is 39.5 Å². The average molecular weight is 1330 g/mol. The van der Waals surface area contributed by atoms with E-state index < -0.39 is 97.5 Å². The van der Waals surface area contributed by atoms with E-state index in [4.69, 9.17) is 37.0 Å². The van der Waals surface area contributed by atoms with Gasteiger partial charge in [0.2, 0.25) is 0 Å². The minimum Gasteiger partial charge on any atom is -0.462 e. The van der Waals surface area contributed by atoms with Crippen LogP contribution in [0.2, 0.25) is 0 Å². The number of aliphatic hydroxyl groups excluding tert-OH is 1. The van der Waals surface area contributed by atoms with Crippen molar-refractivity contribution in [3.63, 3.8) is 0 Å². The van der Waals surface area contributed by atoms with E-state index in [2.05, 4.69) is 55.4 Å². The highest BCUT2D eigenvalue weighted by Crippen LogP contribution is 2.45. The lowest BCUT2D eigenvalue weighted by Crippen LogP contribution is -2.30. The van der Waals surface area contributed by atoms with Crippen LogP contribution in [-0.2, 0) is 65.4 Å². The van der Waals surface area contributed by atoms with E-state index in [0.717, 1.165) is 120 Å². The minimum absolute atomic E-state index is 0.104. The molecule has 0 rings (SSSR count). The molecule has 19 heteroatoms. The molecular weight excluding hydrogens is 1190 g/mol. The van der Waals surface area contributed by atoms with E-state index in [9.17, 15) is 43.2 Å². The number of phosphoric ester groups is 2. The first kappa shape index (κ1) is 88.1. The number of rotatable bonds is 68. The number of carbonyl (C=O) groups excluding carboxylic acids is 4. The van der Waals surface area contributed by atoms with Crippen molar-refractivity contribution in [3.05, 3.63) is 0 Å². The van der Waals surface area contributed by atoms with Crippen LogP contribution in [0, 0.1) is 23.7 Å². The Bertz CT molecular complexity index is 1790. The Morgan fingerprint density at radius 3 is 0.789 bits per heavy atom. The second-order valence-electron chi connectivity index (χ2n) is 27.1. The first-order chi connectivity index (χ1) is 43.2. The van der Waals surface area contributed by atoms with Gasteiger partial charge in [-0.15, -0.1) is 0 Å². The van der Waals surface area contributed by atoms with Crippen LogP contribution in [0.1, 0.15) is 351 Å². The Morgan fingerprint density at radius 2 is 0.533 bits per heavy atom. The second kappa shape index (κ2) is 60.7. The lowest BCUT2D eigenvalue weighted by Gasteiger charge is -2.21. The fourth-order valence-corrected chi connectivity index (χ4v) is 12.2. The number of aliphatic hydroxyl groups is 1. The molecule has 0 amide bonds. The fourth-order valence-electron chi connectivity index (χ4n) is 10.6. The van der Waals surface area contributed by atoms with Crippen LogP contribution in [0.15, 0.2) is 0 Å². The van der Waals surface area contributed by atoms with Crippen molar-refractivity contribution in [1.82, 2.24) is 0 Å². The molecular formula is C71H138O17P2. The Morgan fingerprint density at radius 1 is 0.311 bits per heavy atom. The Hall–Kier alpha value is -1.94. The molecule has 0 aliphatic carbocycles. The summed E-state index contributed by atoms with van der Waals surface area (Å²) in [6.45, 7) is 14.1. The maximum atomic E-state index is 13.0. The lowest BCUT2D eigenvalue weighted by atomic mass is 9.99. The summed E-state index contributed by atoms with van der Waals surface area (Å²) in [6, 6.07) is 0. The van der Waals surface area contributed by atoms with Gasteiger partial charge in [-0.3, -0.25) is 37.3 Å². The monoisotopic (exact) mass is 1320 g/mol. The Balaban J connectivity index is 5.21. The molecule has 0 bridgehead atoms. The van der Waals surface area contributed by atoms with E-state index in [-0.39, 0.29) is 25.7 Å². The molecule has 4 unspecified atom stereocenters. The molecule has 0 aromatic rings. The van der Waals surface area contributed by atoms with Gasteiger partial charge in [-0.1, -0.05) is 299 Å². The van der Waals surface area contributed by atoms with Crippen molar-refractivity contribution in [2.75, 3.05) is 39.6 Å². The fraction of sp³-hybridized carbons (Fsp3) is 0.944. The van der Waals surface area contributed by atoms with Crippen LogP contribution in [0.5, 0.6) is 0 Å². The highest BCUT2D eigenvalue weighted by atomic mass is 31.2. The average Bonchev–Trinajstić information content (AvgIpc) is 3.65. The molecule has 3 N–H and O–H groups in total. The number of phosphoric acid groups is 2. The molecule has 7 atom stereocenters. The predicted molar refractivity (Wildman–Crippen MR) is 363 cm³/mol. The summed E-state index contributed by atoms with van der Waals surface area (Å²) >= 11 is 0. The van der Waals surface area contributed by atoms with Crippen LogP contribution in [0.3, 0.4) is 0 Å². The van der Waals surface area contributed by atoms with E-state index in [1.54, 1.807) is 0 Å². The summed E-state index contributed by atoms with van der Waals surface area (Å²) in [6.07, 6.45) is 43.2. The van der Waals surface area contributed by atoms with E-state index in [0.29, 0.717) is 31.6 Å². The van der Waals surface area contributed by atoms with Gasteiger partial charge < -0.3 is 33.8 Å². The maximum Gasteiger partial charge on any atom is 0.472 e. The summed E-state index contributed by atoms with van der Waals surface area (Å²) < 4.78 is 68.3. The van der Waals surface area contributed by atoms with Gasteiger partial charge in [0.05, 0.1) is 26.4 Å². The Labute approximate surface area is 549 Å². The van der Waals surface area contributed by atoms with Crippen LogP contribution in [0.25, 0.3) is 0 Å². The highest BCUT2D eigenvalue weighted by molar-refractivity contribution is 7.47. The van der Waals surface area contributed by atoms with Gasteiger partial charge in [-0.25, -0.2) is 9.13 Å². The molecule has 90 heavy (non-hydrogen) atoms. The van der Waals surface area contributed by atoms with Gasteiger partial charge in [0.15, 0.2) is 12.2 Å². The first-order valence-corrected chi connectivity index (χ1v) is 39.8. The number of hydrogen-bond acceptors (Lipinski definition) is 15. The molecule has 0 heterocycles. The first-order valence-electron chi connectivity index (χ1n) is 36.8. The molecule has 0 aliphatic rings. The molecule has 0 aromatic carbocycles. The number of hydrogen-bond donors (Lipinski definition) is 3. The molecule has 534 valence electrons. The van der Waals surface area contributed by atoms with Crippen LogP contribution < -0.4 is 0 Å². The molecule has 17 nitrogen and oxygen atoms in total. The van der Waals surface area contributed by atoms with Crippen molar-refractivity contribution < 1.29 is 80.2 Å². The molecule has 0 aromatic heterocycles. The molecule has 0 spiro atoms. The van der Waals surface area contributed by atoms with Crippen molar-refractivity contribution in [3.8, 4) is 0 Å². The number of ether oxygens (including phenoxy) is 4. The lowest BCUT2D eigenvalue weighted by molar-refractivity contribution is -0.161. The zero-order valence-electron chi connectivity index (χ0n) is 58.8. The number of unbranched alkanes of at least 4 members (excludes halogenated alkanes) is 32. The van der Waals surface area contributed by atoms with E-state index in [1.165, 1.54) is 141 Å². The maximum absolute atomic E-state index is 13.0. The standard InChI is InChI=1S/C71H138O17P2/c1-9-63(7)49-41-33-24-20-15-13-11-12-14-16-21-25-37-45-53-70(75)87-66(57-81-68(73)51-43-35-29-27-32-40-48-62(5)6)59-85-89(77,78)83-55-65(72)56-84-90(79,80)86-60-67(58-82-69(74)52-44-36-30-28-34-42-50-64(8)10-2)88-71(76)54-46-38-26-22-18-17-19-23-31-39-47-61(3)4/h61-67,72H,9-60H2,1-8H3,(H,77,78)(H,79,80)/t63?,64?,65-,66-,67-/m1/s1. The summed E-state index contributed by atoms with van der Waals surface area (Å²) in [5, 5.41) is 10.6. The molecule has 0 aliphatic heterocycles. The van der Waals surface area contributed by atoms with Crippen molar-refractivity contribution >= 4 is 39.5 Å². The molecule has 0 saturated heterocycles. The third kappa shape index (κ3) is 62.2. The number of carbonyl (C=O) groups is 4. The SMILES string of the molecule is CCC(C)CCCCCCCCCCCCCCCCC(=O)O[C@H](COC(=O)CCCCCCCCC(C)C)COP(=O)(O)OC[C@@H](O)COP(=O)(O)OC[C@@H](COC(=O)CCCCCCCCC(C)CC)OC(=O)CCCCCCCCCCCCC(C)C. The molecule has 0 radical (unpaired) electrons. The van der Waals surface area contributed by atoms with Crippen LogP contribution in [0.4, 0.5) is 0 Å². The zero-order valence-corrected chi connectivity index (χ0v) is 60.6. The number of esters is 4. The summed E-state index contributed by atoms with van der Waals surface area (Å²) in [7, 11) is -9.90. The normalized spacial score (nSPS) is 14.9. The zero-order chi connectivity index (χ0) is 66.8. The van der Waals surface area contributed by atoms with Crippen LogP contribution in [-0.4, -0.2) is 96.7 Å². The van der Waals surface area contributed by atoms with Crippen LogP contribution >= 0.6 is 15.6 Å². The largest absolute Gasteiger partial charge is 0.472 e. The van der Waals surface area contributed by atoms with E-state index in [1.807, 2.05) is 0 Å². The molecule has 0 fully saturated rings. The van der Waals surface area contributed by atoms with Crippen molar-refractivity contribution in [2.45, 2.75) is 369 Å². The van der Waals surface area contributed by atoms with Crippen molar-refractivity contribution in [2.24, 2.45) is 23.7 Å². The van der Waals surface area contributed by atoms with Crippen molar-refractivity contribution in [1.29, 1.82) is 0 Å². The Kier molecular flexibility index (Phi) is 59.4. The summed E-state index contributed by atoms with van der Waals surface area (Å²) in [4.78, 5) is 72.5. The quantitative estimate of drug-likeness (QED) is 0.0222. The van der Waals surface area contributed by atoms with Gasteiger partial charge in [0.1, 0.15) is 19.3 Å². The molecule has 0 saturated carbocycles. The second-order valence-corrected chi connectivity index (χ2v) is 30.0. The van der Waals surface area contributed by atoms with Gasteiger partial charge in [-0.2, -0.15) is 0 Å². The van der Waals surface area contributed by atoms with Gasteiger partial charge in [-0.05, 0) is 49.4 Å². The highest BCUT2D eigenvalue weighted by Gasteiger charge is 2.30. The van der Waals surface area contributed by atoms with Gasteiger partial charge in [0.25, 0.3) is 0 Å². The summed E-state index contributed by atoms with van der Waals surface area (Å²) in [5.41, 5.74) is 0. The van der Waals surface area contributed by atoms with Gasteiger partial charge in [0, 0.05) is 25.7 Å². The van der Waals surface area contributed by atoms with E-state index >= 15 is 0 Å². The third-order valence-corrected chi connectivity index (χ3v) is 18.9. The minimum atomic E-state index is -4.95. The summed E-state index contributed by atoms with van der Waals surface area (Å²) in [5.74, 6) is 0.877. The topological polar surface area (TPSA) is 237 Å². The smallest absolute Gasteiger partial charge is 0.462 e. The predicted octanol–water partition coefficient (Wildman–Crippen LogP) is 20.1.